The first-order valence-corrected chi connectivity index (χ1v) is 11.1. The van der Waals surface area contributed by atoms with E-state index in [1.165, 1.54) is 30.0 Å². The van der Waals surface area contributed by atoms with Gasteiger partial charge in [-0.05, 0) is 43.7 Å². The Kier molecular flexibility index (Phi) is 6.83. The SMILES string of the molecule is CN1CCN(c2ccc(CCCNS(=O)(=O)c3ccccc3[N+](=O)[O-])cc2)CC1. The lowest BCUT2D eigenvalue weighted by Gasteiger charge is -2.34. The molecule has 0 atom stereocenters. The summed E-state index contributed by atoms with van der Waals surface area (Å²) >= 11 is 0. The van der Waals surface area contributed by atoms with Crippen LogP contribution in [0, 0.1) is 10.1 Å². The molecule has 3 rings (SSSR count). The molecule has 0 aromatic heterocycles. The Hall–Kier alpha value is -2.49. The number of para-hydroxylation sites is 1. The quantitative estimate of drug-likeness (QED) is 0.401. The van der Waals surface area contributed by atoms with Gasteiger partial charge >= 0.3 is 0 Å². The number of aryl methyl sites for hydroxylation is 1. The van der Waals surface area contributed by atoms with Gasteiger partial charge in [0.2, 0.25) is 10.0 Å². The minimum absolute atomic E-state index is 0.217. The van der Waals surface area contributed by atoms with Gasteiger partial charge < -0.3 is 9.80 Å². The van der Waals surface area contributed by atoms with Gasteiger partial charge in [0.25, 0.3) is 5.69 Å². The van der Waals surface area contributed by atoms with Crippen molar-refractivity contribution >= 4 is 21.4 Å². The zero-order valence-electron chi connectivity index (χ0n) is 16.5. The Morgan fingerprint density at radius 1 is 1.03 bits per heavy atom. The largest absolute Gasteiger partial charge is 0.369 e. The maximum Gasteiger partial charge on any atom is 0.289 e. The number of hydrogen-bond donors (Lipinski definition) is 1. The van der Waals surface area contributed by atoms with Crippen molar-refractivity contribution in [2.45, 2.75) is 17.7 Å². The minimum Gasteiger partial charge on any atom is -0.369 e. The van der Waals surface area contributed by atoms with Crippen LogP contribution in [0.3, 0.4) is 0 Å². The number of hydrogen-bond acceptors (Lipinski definition) is 6. The maximum atomic E-state index is 12.4. The van der Waals surface area contributed by atoms with Crippen molar-refractivity contribution < 1.29 is 13.3 Å². The minimum atomic E-state index is -3.92. The summed E-state index contributed by atoms with van der Waals surface area (Å²) < 4.78 is 27.2. The van der Waals surface area contributed by atoms with Crippen molar-refractivity contribution in [3.8, 4) is 0 Å². The molecule has 9 heteroatoms. The van der Waals surface area contributed by atoms with E-state index in [-0.39, 0.29) is 11.4 Å². The molecule has 0 amide bonds. The number of nitro groups is 1. The smallest absolute Gasteiger partial charge is 0.289 e. The highest BCUT2D eigenvalue weighted by Crippen LogP contribution is 2.22. The van der Waals surface area contributed by atoms with Crippen LogP contribution >= 0.6 is 0 Å². The topological polar surface area (TPSA) is 95.8 Å². The van der Waals surface area contributed by atoms with Crippen LogP contribution in [0.25, 0.3) is 0 Å². The molecule has 1 saturated heterocycles. The highest BCUT2D eigenvalue weighted by atomic mass is 32.2. The third-order valence-corrected chi connectivity index (χ3v) is 6.60. The number of nitrogens with one attached hydrogen (secondary N) is 1. The van der Waals surface area contributed by atoms with E-state index >= 15 is 0 Å². The van der Waals surface area contributed by atoms with Gasteiger partial charge in [-0.2, -0.15) is 0 Å². The molecule has 0 radical (unpaired) electrons. The van der Waals surface area contributed by atoms with Crippen molar-refractivity contribution in [1.29, 1.82) is 0 Å². The summed E-state index contributed by atoms with van der Waals surface area (Å²) in [5.74, 6) is 0. The molecule has 1 aliphatic heterocycles. The molecule has 1 N–H and O–H groups in total. The standard InChI is InChI=1S/C20H26N4O4S/c1-22-13-15-23(16-14-22)18-10-8-17(9-11-18)5-4-12-21-29(27,28)20-7-3-2-6-19(20)24(25)26/h2-3,6-11,21H,4-5,12-16H2,1H3. The van der Waals surface area contributed by atoms with Gasteiger partial charge in [-0.3, -0.25) is 10.1 Å². The van der Waals surface area contributed by atoms with Gasteiger partial charge in [-0.25, -0.2) is 13.1 Å². The van der Waals surface area contributed by atoms with Crippen molar-refractivity contribution in [1.82, 2.24) is 9.62 Å². The van der Waals surface area contributed by atoms with E-state index in [4.69, 9.17) is 0 Å². The van der Waals surface area contributed by atoms with Crippen LogP contribution < -0.4 is 9.62 Å². The second-order valence-corrected chi connectivity index (χ2v) is 8.92. The average molecular weight is 419 g/mol. The van der Waals surface area contributed by atoms with Crippen molar-refractivity contribution in [2.24, 2.45) is 0 Å². The number of anilines is 1. The zero-order chi connectivity index (χ0) is 20.9. The van der Waals surface area contributed by atoms with Gasteiger partial charge in [-0.1, -0.05) is 24.3 Å². The lowest BCUT2D eigenvalue weighted by Crippen LogP contribution is -2.44. The number of nitrogens with zero attached hydrogens (tertiary/aromatic N) is 3. The van der Waals surface area contributed by atoms with E-state index in [2.05, 4.69) is 45.8 Å². The Labute approximate surface area is 171 Å². The normalized spacial score (nSPS) is 15.4. The molecule has 2 aromatic carbocycles. The van der Waals surface area contributed by atoms with Gasteiger partial charge in [0, 0.05) is 44.5 Å². The number of benzene rings is 2. The van der Waals surface area contributed by atoms with E-state index < -0.39 is 20.6 Å². The van der Waals surface area contributed by atoms with E-state index in [1.54, 1.807) is 0 Å². The maximum absolute atomic E-state index is 12.4. The molecule has 8 nitrogen and oxygen atoms in total. The Balaban J connectivity index is 1.51. The van der Waals surface area contributed by atoms with Gasteiger partial charge in [0.1, 0.15) is 0 Å². The number of piperazine rings is 1. The van der Waals surface area contributed by atoms with Gasteiger partial charge in [0.05, 0.1) is 4.92 Å². The van der Waals surface area contributed by atoms with Crippen LogP contribution in [-0.4, -0.2) is 58.0 Å². The molecule has 0 spiro atoms. The first-order chi connectivity index (χ1) is 13.9. The molecule has 1 heterocycles. The molecule has 1 aliphatic rings. The van der Waals surface area contributed by atoms with Crippen LogP contribution in [-0.2, 0) is 16.4 Å². The second kappa shape index (κ2) is 9.34. The monoisotopic (exact) mass is 418 g/mol. The molecule has 29 heavy (non-hydrogen) atoms. The number of likely N-dealkylation sites (N-methyl/N-ethyl adjacent to an activating group) is 1. The van der Waals surface area contributed by atoms with Crippen LogP contribution in [0.1, 0.15) is 12.0 Å². The van der Waals surface area contributed by atoms with E-state index in [1.807, 2.05) is 0 Å². The molecule has 0 aliphatic carbocycles. The fraction of sp³-hybridized carbons (Fsp3) is 0.400. The van der Waals surface area contributed by atoms with Crippen molar-refractivity contribution in [2.75, 3.05) is 44.7 Å². The summed E-state index contributed by atoms with van der Waals surface area (Å²) in [6.45, 7) is 4.37. The molecular formula is C20H26N4O4S. The van der Waals surface area contributed by atoms with Crippen molar-refractivity contribution in [3.63, 3.8) is 0 Å². The van der Waals surface area contributed by atoms with Crippen LogP contribution in [0.15, 0.2) is 53.4 Å². The summed E-state index contributed by atoms with van der Waals surface area (Å²) in [6, 6.07) is 13.7. The third-order valence-electron chi connectivity index (χ3n) is 5.09. The average Bonchev–Trinajstić information content (AvgIpc) is 2.72. The molecule has 156 valence electrons. The van der Waals surface area contributed by atoms with Crippen LogP contribution in [0.5, 0.6) is 0 Å². The summed E-state index contributed by atoms with van der Waals surface area (Å²) in [6.07, 6.45) is 1.33. The fourth-order valence-electron chi connectivity index (χ4n) is 3.35. The summed E-state index contributed by atoms with van der Waals surface area (Å²) in [5.41, 5.74) is 1.92. The van der Waals surface area contributed by atoms with E-state index in [9.17, 15) is 18.5 Å². The number of nitro benzene ring substituents is 1. The van der Waals surface area contributed by atoms with Gasteiger partial charge in [0.15, 0.2) is 4.90 Å². The number of rotatable bonds is 8. The highest BCUT2D eigenvalue weighted by Gasteiger charge is 2.24. The van der Waals surface area contributed by atoms with Crippen LogP contribution in [0.2, 0.25) is 0 Å². The molecular weight excluding hydrogens is 392 g/mol. The van der Waals surface area contributed by atoms with Gasteiger partial charge in [-0.15, -0.1) is 0 Å². The molecule has 0 saturated carbocycles. The van der Waals surface area contributed by atoms with Crippen molar-refractivity contribution in [3.05, 3.63) is 64.2 Å². The second-order valence-electron chi connectivity index (χ2n) is 7.18. The predicted molar refractivity (Wildman–Crippen MR) is 113 cm³/mol. The molecule has 0 unspecified atom stereocenters. The Morgan fingerprint density at radius 2 is 1.69 bits per heavy atom. The summed E-state index contributed by atoms with van der Waals surface area (Å²) in [5, 5.41) is 11.0. The highest BCUT2D eigenvalue weighted by molar-refractivity contribution is 7.89. The number of sulfonamides is 1. The summed E-state index contributed by atoms with van der Waals surface area (Å²) in [7, 11) is -1.79. The van der Waals surface area contributed by atoms with E-state index in [0.29, 0.717) is 6.42 Å². The fourth-order valence-corrected chi connectivity index (χ4v) is 4.59. The Bertz CT molecular complexity index is 939. The zero-order valence-corrected chi connectivity index (χ0v) is 17.3. The Morgan fingerprint density at radius 3 is 2.34 bits per heavy atom. The predicted octanol–water partition coefficient (Wildman–Crippen LogP) is 2.26. The molecule has 0 bridgehead atoms. The van der Waals surface area contributed by atoms with Crippen LogP contribution in [0.4, 0.5) is 11.4 Å². The summed E-state index contributed by atoms with van der Waals surface area (Å²) in [4.78, 5) is 14.7. The third kappa shape index (κ3) is 5.53. The lowest BCUT2D eigenvalue weighted by molar-refractivity contribution is -0.387. The first kappa shape index (κ1) is 21.2. The molecule has 1 fully saturated rings. The lowest BCUT2D eigenvalue weighted by atomic mass is 10.1. The van der Waals surface area contributed by atoms with E-state index in [0.717, 1.165) is 38.2 Å². The molecule has 2 aromatic rings. The first-order valence-electron chi connectivity index (χ1n) is 9.62.